The Morgan fingerprint density at radius 1 is 1.64 bits per heavy atom. The van der Waals surface area contributed by atoms with Crippen molar-refractivity contribution in [2.24, 2.45) is 4.99 Å². The monoisotopic (exact) mass is 158 g/mol. The zero-order valence-corrected chi connectivity index (χ0v) is 7.20. The molecule has 0 heterocycles. The van der Waals surface area contributed by atoms with Gasteiger partial charge in [0, 0.05) is 21.0 Å². The average molecular weight is 158 g/mol. The van der Waals surface area contributed by atoms with Crippen molar-refractivity contribution in [2.75, 3.05) is 27.2 Å². The van der Waals surface area contributed by atoms with Crippen LogP contribution in [0.5, 0.6) is 0 Å². The van der Waals surface area contributed by atoms with E-state index in [9.17, 15) is 4.79 Å². The molecule has 64 valence electrons. The van der Waals surface area contributed by atoms with Crippen molar-refractivity contribution in [2.45, 2.75) is 6.92 Å². The maximum atomic E-state index is 10.3. The molecule has 11 heavy (non-hydrogen) atoms. The second-order valence-corrected chi connectivity index (χ2v) is 2.33. The lowest BCUT2D eigenvalue weighted by atomic mass is 10.7. The second-order valence-electron chi connectivity index (χ2n) is 2.33. The Balaban J connectivity index is 3.20. The molecule has 0 saturated heterocycles. The van der Waals surface area contributed by atoms with E-state index in [1.165, 1.54) is 6.92 Å². The smallest absolute Gasteiger partial charge is 0.302 e. The number of nitrogens with zero attached hydrogens (tertiary/aromatic N) is 2. The highest BCUT2D eigenvalue weighted by molar-refractivity contribution is 5.65. The molecule has 0 aromatic carbocycles. The Labute approximate surface area is 66.9 Å². The van der Waals surface area contributed by atoms with Gasteiger partial charge in [-0.15, -0.1) is 0 Å². The first kappa shape index (κ1) is 9.94. The van der Waals surface area contributed by atoms with Crippen molar-refractivity contribution in [1.82, 2.24) is 4.90 Å². The van der Waals surface area contributed by atoms with Gasteiger partial charge in [0.05, 0.1) is 12.9 Å². The maximum Gasteiger partial charge on any atom is 0.302 e. The highest BCUT2D eigenvalue weighted by atomic mass is 16.5. The Morgan fingerprint density at radius 3 is 2.73 bits per heavy atom. The third-order valence-corrected chi connectivity index (χ3v) is 0.838. The van der Waals surface area contributed by atoms with Crippen LogP contribution in [-0.2, 0) is 9.53 Å². The molecule has 0 rings (SSSR count). The molecule has 0 aliphatic carbocycles. The summed E-state index contributed by atoms with van der Waals surface area (Å²) in [7, 11) is 3.77. The number of esters is 1. The number of aliphatic imine (C=N–C) groups is 1. The minimum Gasteiger partial charge on any atom is -0.464 e. The first-order valence-corrected chi connectivity index (χ1v) is 3.42. The zero-order chi connectivity index (χ0) is 8.69. The van der Waals surface area contributed by atoms with Gasteiger partial charge in [-0.25, -0.2) is 0 Å². The first-order valence-electron chi connectivity index (χ1n) is 3.42. The molecule has 0 saturated carbocycles. The molecule has 0 aliphatic rings. The lowest BCUT2D eigenvalue weighted by molar-refractivity contribution is -0.140. The molecule has 4 nitrogen and oxygen atoms in total. The minimum absolute atomic E-state index is 0.259. The van der Waals surface area contributed by atoms with Crippen molar-refractivity contribution in [3.63, 3.8) is 0 Å². The summed E-state index contributed by atoms with van der Waals surface area (Å²) in [5.74, 6) is -0.259. The van der Waals surface area contributed by atoms with E-state index in [1.807, 2.05) is 19.0 Å². The van der Waals surface area contributed by atoms with E-state index in [0.29, 0.717) is 13.2 Å². The molecular formula is C7H14N2O2. The summed E-state index contributed by atoms with van der Waals surface area (Å²) in [4.78, 5) is 16.0. The third-order valence-electron chi connectivity index (χ3n) is 0.838. The number of ether oxygens (including phenoxy) is 1. The predicted molar refractivity (Wildman–Crippen MR) is 43.7 cm³/mol. The molecule has 0 aliphatic heterocycles. The maximum absolute atomic E-state index is 10.3. The van der Waals surface area contributed by atoms with E-state index in [0.717, 1.165) is 0 Å². The zero-order valence-electron chi connectivity index (χ0n) is 7.20. The number of rotatable bonds is 4. The fourth-order valence-corrected chi connectivity index (χ4v) is 0.463. The normalized spacial score (nSPS) is 10.1. The second kappa shape index (κ2) is 5.70. The molecule has 0 amide bonds. The molecule has 0 N–H and O–H groups in total. The fourth-order valence-electron chi connectivity index (χ4n) is 0.463. The van der Waals surface area contributed by atoms with Crippen LogP contribution >= 0.6 is 0 Å². The van der Waals surface area contributed by atoms with Crippen LogP contribution in [0.15, 0.2) is 4.99 Å². The van der Waals surface area contributed by atoms with Crippen LogP contribution in [0.3, 0.4) is 0 Å². The highest BCUT2D eigenvalue weighted by Crippen LogP contribution is 1.77. The lowest BCUT2D eigenvalue weighted by Gasteiger charge is -2.02. The molecule has 0 atom stereocenters. The van der Waals surface area contributed by atoms with Crippen molar-refractivity contribution < 1.29 is 9.53 Å². The van der Waals surface area contributed by atoms with E-state index in [2.05, 4.69) is 9.73 Å². The number of carbonyl (C=O) groups excluding carboxylic acids is 1. The van der Waals surface area contributed by atoms with E-state index in [4.69, 9.17) is 0 Å². The van der Waals surface area contributed by atoms with Crippen LogP contribution in [0.2, 0.25) is 0 Å². The van der Waals surface area contributed by atoms with Gasteiger partial charge in [0.15, 0.2) is 0 Å². The summed E-state index contributed by atoms with van der Waals surface area (Å²) < 4.78 is 4.65. The van der Waals surface area contributed by atoms with Crippen molar-refractivity contribution in [3.05, 3.63) is 0 Å². The molecular weight excluding hydrogens is 144 g/mol. The summed E-state index contributed by atoms with van der Waals surface area (Å²) in [5, 5.41) is 0. The van der Waals surface area contributed by atoms with Gasteiger partial charge in [0.2, 0.25) is 0 Å². The Morgan fingerprint density at radius 2 is 2.27 bits per heavy atom. The van der Waals surface area contributed by atoms with Crippen molar-refractivity contribution >= 4 is 12.3 Å². The summed E-state index contributed by atoms with van der Waals surface area (Å²) in [6.45, 7) is 2.27. The number of hydrogen-bond donors (Lipinski definition) is 0. The van der Waals surface area contributed by atoms with Crippen LogP contribution in [0.1, 0.15) is 6.92 Å². The molecule has 0 bridgehead atoms. The lowest BCUT2D eigenvalue weighted by Crippen LogP contribution is -2.09. The molecule has 4 heteroatoms. The fraction of sp³-hybridized carbons (Fsp3) is 0.714. The standard InChI is InChI=1S/C7H14N2O2/c1-7(10)11-5-4-8-6-9(2)3/h6H,4-5H2,1-3H3/b8-6+. The van der Waals surface area contributed by atoms with E-state index in [-0.39, 0.29) is 5.97 Å². The largest absolute Gasteiger partial charge is 0.464 e. The third kappa shape index (κ3) is 8.94. The van der Waals surface area contributed by atoms with Crippen LogP contribution in [-0.4, -0.2) is 44.5 Å². The molecule has 0 aromatic heterocycles. The van der Waals surface area contributed by atoms with Crippen molar-refractivity contribution in [1.29, 1.82) is 0 Å². The van der Waals surface area contributed by atoms with Gasteiger partial charge in [0.25, 0.3) is 0 Å². The molecule has 0 unspecified atom stereocenters. The van der Waals surface area contributed by atoms with Gasteiger partial charge in [-0.2, -0.15) is 0 Å². The molecule has 0 radical (unpaired) electrons. The van der Waals surface area contributed by atoms with Crippen molar-refractivity contribution in [3.8, 4) is 0 Å². The van der Waals surface area contributed by atoms with Gasteiger partial charge in [0.1, 0.15) is 6.61 Å². The predicted octanol–water partition coefficient (Wildman–Crippen LogP) is 0.139. The number of hydrogen-bond acceptors (Lipinski definition) is 3. The van der Waals surface area contributed by atoms with E-state index >= 15 is 0 Å². The van der Waals surface area contributed by atoms with E-state index < -0.39 is 0 Å². The highest BCUT2D eigenvalue weighted by Gasteiger charge is 1.88. The quantitative estimate of drug-likeness (QED) is 0.253. The molecule has 0 fully saturated rings. The van der Waals surface area contributed by atoms with Crippen LogP contribution in [0.4, 0.5) is 0 Å². The average Bonchev–Trinajstić information content (AvgIpc) is 1.85. The topological polar surface area (TPSA) is 41.9 Å². The van der Waals surface area contributed by atoms with Gasteiger partial charge in [-0.3, -0.25) is 9.79 Å². The first-order chi connectivity index (χ1) is 5.13. The Hall–Kier alpha value is -1.06. The molecule has 0 spiro atoms. The Kier molecular flexibility index (Phi) is 5.15. The van der Waals surface area contributed by atoms with Crippen LogP contribution in [0, 0.1) is 0 Å². The van der Waals surface area contributed by atoms with Gasteiger partial charge in [-0.1, -0.05) is 0 Å². The van der Waals surface area contributed by atoms with E-state index in [1.54, 1.807) is 6.34 Å². The SMILES string of the molecule is CC(=O)OCC/N=C/N(C)C. The summed E-state index contributed by atoms with van der Waals surface area (Å²) in [6, 6.07) is 0. The van der Waals surface area contributed by atoms with Crippen LogP contribution < -0.4 is 0 Å². The number of carbonyl (C=O) groups is 1. The summed E-state index contributed by atoms with van der Waals surface area (Å²) in [5.41, 5.74) is 0. The Bertz CT molecular complexity index is 143. The minimum atomic E-state index is -0.259. The van der Waals surface area contributed by atoms with Crippen LogP contribution in [0.25, 0.3) is 0 Å². The summed E-state index contributed by atoms with van der Waals surface area (Å²) >= 11 is 0. The van der Waals surface area contributed by atoms with Gasteiger partial charge in [-0.05, 0) is 0 Å². The molecule has 0 aromatic rings. The summed E-state index contributed by atoms with van der Waals surface area (Å²) in [6.07, 6.45) is 1.68. The van der Waals surface area contributed by atoms with Gasteiger partial charge < -0.3 is 9.64 Å². The van der Waals surface area contributed by atoms with Gasteiger partial charge >= 0.3 is 5.97 Å².